The first-order valence-electron chi connectivity index (χ1n) is 7.75. The molecule has 1 aliphatic carbocycles. The zero-order chi connectivity index (χ0) is 17.5. The highest BCUT2D eigenvalue weighted by atomic mass is 19.4. The Bertz CT molecular complexity index is 689. The van der Waals surface area contributed by atoms with Gasteiger partial charge >= 0.3 is 6.18 Å². The molecule has 1 amide bonds. The average Bonchev–Trinajstić information content (AvgIpc) is 2.68. The first kappa shape index (κ1) is 16.8. The molecule has 1 saturated carbocycles. The van der Waals surface area contributed by atoms with Crippen LogP contribution in [-0.2, 0) is 0 Å². The van der Waals surface area contributed by atoms with Crippen LogP contribution in [-0.4, -0.2) is 38.7 Å². The SMILES string of the molecule is O=C(c1cccc(O)c1)N1N=C2CCCCC[C@@H]2[C@@]1(O)C(F)(F)F. The Kier molecular flexibility index (Phi) is 4.03. The molecule has 24 heavy (non-hydrogen) atoms. The van der Waals surface area contributed by atoms with E-state index in [-0.39, 0.29) is 28.5 Å². The number of carbonyl (C=O) groups is 1. The van der Waals surface area contributed by atoms with Gasteiger partial charge in [-0.05, 0) is 37.5 Å². The van der Waals surface area contributed by atoms with Gasteiger partial charge in [-0.25, -0.2) is 0 Å². The highest BCUT2D eigenvalue weighted by Gasteiger charge is 2.68. The van der Waals surface area contributed by atoms with E-state index in [2.05, 4.69) is 5.10 Å². The summed E-state index contributed by atoms with van der Waals surface area (Å²) < 4.78 is 41.1. The van der Waals surface area contributed by atoms with Crippen molar-refractivity contribution in [2.24, 2.45) is 11.0 Å². The Morgan fingerprint density at radius 2 is 2.04 bits per heavy atom. The van der Waals surface area contributed by atoms with E-state index < -0.39 is 23.7 Å². The fraction of sp³-hybridized carbons (Fsp3) is 0.500. The fourth-order valence-electron chi connectivity index (χ4n) is 3.36. The molecule has 1 fully saturated rings. The van der Waals surface area contributed by atoms with Crippen LogP contribution in [0, 0.1) is 5.92 Å². The maximum Gasteiger partial charge on any atom is 0.439 e. The van der Waals surface area contributed by atoms with Crippen molar-refractivity contribution in [1.29, 1.82) is 0 Å². The molecule has 2 atom stereocenters. The van der Waals surface area contributed by atoms with Crippen molar-refractivity contribution in [2.45, 2.75) is 44.0 Å². The minimum absolute atomic E-state index is 0.124. The molecule has 8 heteroatoms. The Hall–Kier alpha value is -2.09. The summed E-state index contributed by atoms with van der Waals surface area (Å²) >= 11 is 0. The Labute approximate surface area is 136 Å². The molecule has 2 aliphatic rings. The number of halogens is 3. The standard InChI is InChI=1S/C16H17F3N2O3/c17-16(18,19)15(24)12-7-2-1-3-8-13(12)20-21(15)14(23)10-5-4-6-11(22)9-10/h4-6,9,12,22,24H,1-3,7-8H2/t12-,15+/m0/s1. The summed E-state index contributed by atoms with van der Waals surface area (Å²) in [4.78, 5) is 12.5. The number of hydrazone groups is 1. The van der Waals surface area contributed by atoms with Gasteiger partial charge in [0.2, 0.25) is 0 Å². The van der Waals surface area contributed by atoms with E-state index in [1.54, 1.807) is 0 Å². The van der Waals surface area contributed by atoms with Crippen molar-refractivity contribution in [3.63, 3.8) is 0 Å². The van der Waals surface area contributed by atoms with Crippen LogP contribution in [0.25, 0.3) is 0 Å². The van der Waals surface area contributed by atoms with Gasteiger partial charge in [-0.3, -0.25) is 4.79 Å². The highest BCUT2D eigenvalue weighted by molar-refractivity contribution is 5.99. The molecule has 0 radical (unpaired) electrons. The molecule has 2 N–H and O–H groups in total. The second kappa shape index (κ2) is 5.77. The van der Waals surface area contributed by atoms with Crippen molar-refractivity contribution >= 4 is 11.6 Å². The number of aliphatic hydroxyl groups is 1. The summed E-state index contributed by atoms with van der Waals surface area (Å²) in [5.41, 5.74) is -3.31. The van der Waals surface area contributed by atoms with Crippen molar-refractivity contribution in [3.05, 3.63) is 29.8 Å². The van der Waals surface area contributed by atoms with Crippen LogP contribution in [0.3, 0.4) is 0 Å². The number of hydrogen-bond donors (Lipinski definition) is 2. The number of amides is 1. The molecule has 0 unspecified atom stereocenters. The predicted molar refractivity (Wildman–Crippen MR) is 79.3 cm³/mol. The van der Waals surface area contributed by atoms with Gasteiger partial charge in [0.25, 0.3) is 11.6 Å². The number of rotatable bonds is 1. The third-order valence-corrected chi connectivity index (χ3v) is 4.57. The van der Waals surface area contributed by atoms with Gasteiger partial charge in [-0.2, -0.15) is 23.3 Å². The maximum absolute atomic E-state index is 13.7. The number of hydrogen-bond acceptors (Lipinski definition) is 4. The van der Waals surface area contributed by atoms with Crippen LogP contribution in [0.4, 0.5) is 13.2 Å². The molecule has 0 aromatic heterocycles. The van der Waals surface area contributed by atoms with Crippen LogP contribution >= 0.6 is 0 Å². The lowest BCUT2D eigenvalue weighted by molar-refractivity contribution is -0.312. The summed E-state index contributed by atoms with van der Waals surface area (Å²) in [6.45, 7) is 0. The molecule has 3 rings (SSSR count). The Morgan fingerprint density at radius 1 is 1.29 bits per heavy atom. The molecule has 1 aromatic rings. The van der Waals surface area contributed by atoms with E-state index in [4.69, 9.17) is 0 Å². The van der Waals surface area contributed by atoms with Gasteiger partial charge < -0.3 is 10.2 Å². The summed E-state index contributed by atoms with van der Waals surface area (Å²) in [7, 11) is 0. The normalized spacial score (nSPS) is 27.4. The third kappa shape index (κ3) is 2.54. The van der Waals surface area contributed by atoms with E-state index in [9.17, 15) is 28.2 Å². The van der Waals surface area contributed by atoms with Crippen LogP contribution in [0.5, 0.6) is 5.75 Å². The molecule has 0 bridgehead atoms. The van der Waals surface area contributed by atoms with Crippen molar-refractivity contribution in [2.75, 3.05) is 0 Å². The lowest BCUT2D eigenvalue weighted by Gasteiger charge is -2.37. The molecule has 1 aromatic carbocycles. The van der Waals surface area contributed by atoms with Crippen LogP contribution in [0.1, 0.15) is 42.5 Å². The van der Waals surface area contributed by atoms with Crippen molar-refractivity contribution in [1.82, 2.24) is 5.01 Å². The Morgan fingerprint density at radius 3 is 2.71 bits per heavy atom. The quantitative estimate of drug-likeness (QED) is 0.824. The second-order valence-electron chi connectivity index (χ2n) is 6.13. The fourth-order valence-corrected chi connectivity index (χ4v) is 3.36. The lowest BCUT2D eigenvalue weighted by Crippen LogP contribution is -2.61. The number of phenols is 1. The number of fused-ring (bicyclic) bond motifs is 1. The number of phenolic OH excluding ortho intramolecular Hbond substituents is 1. The molecular formula is C16H17F3N2O3. The van der Waals surface area contributed by atoms with Crippen LogP contribution in [0.2, 0.25) is 0 Å². The molecule has 5 nitrogen and oxygen atoms in total. The molecule has 130 valence electrons. The number of benzene rings is 1. The largest absolute Gasteiger partial charge is 0.508 e. The monoisotopic (exact) mass is 342 g/mol. The topological polar surface area (TPSA) is 73.1 Å². The average molecular weight is 342 g/mol. The van der Waals surface area contributed by atoms with E-state index in [1.165, 1.54) is 18.2 Å². The number of carbonyl (C=O) groups excluding carboxylic acids is 1. The molecular weight excluding hydrogens is 325 g/mol. The minimum Gasteiger partial charge on any atom is -0.508 e. The summed E-state index contributed by atoms with van der Waals surface area (Å²) in [6.07, 6.45) is -2.61. The van der Waals surface area contributed by atoms with Gasteiger partial charge in [0, 0.05) is 11.3 Å². The lowest BCUT2D eigenvalue weighted by atomic mass is 9.87. The first-order valence-corrected chi connectivity index (χ1v) is 7.75. The smallest absolute Gasteiger partial charge is 0.439 e. The Balaban J connectivity index is 2.05. The third-order valence-electron chi connectivity index (χ3n) is 4.57. The summed E-state index contributed by atoms with van der Waals surface area (Å²) in [6, 6.07) is 4.96. The summed E-state index contributed by atoms with van der Waals surface area (Å²) in [5.74, 6) is -2.59. The minimum atomic E-state index is -5.04. The van der Waals surface area contributed by atoms with Gasteiger partial charge in [-0.15, -0.1) is 0 Å². The zero-order valence-corrected chi connectivity index (χ0v) is 12.8. The number of aromatic hydroxyl groups is 1. The maximum atomic E-state index is 13.7. The molecule has 1 heterocycles. The van der Waals surface area contributed by atoms with Crippen molar-refractivity contribution < 1.29 is 28.2 Å². The van der Waals surface area contributed by atoms with Gasteiger partial charge in [-0.1, -0.05) is 18.9 Å². The molecule has 0 saturated heterocycles. The van der Waals surface area contributed by atoms with E-state index >= 15 is 0 Å². The van der Waals surface area contributed by atoms with E-state index in [1.807, 2.05) is 0 Å². The molecule has 0 spiro atoms. The summed E-state index contributed by atoms with van der Waals surface area (Å²) in [5, 5.41) is 23.9. The van der Waals surface area contributed by atoms with Crippen molar-refractivity contribution in [3.8, 4) is 5.75 Å². The van der Waals surface area contributed by atoms with Crippen LogP contribution in [0.15, 0.2) is 29.4 Å². The zero-order valence-electron chi connectivity index (χ0n) is 12.8. The highest BCUT2D eigenvalue weighted by Crippen LogP contribution is 2.48. The van der Waals surface area contributed by atoms with E-state index in [0.717, 1.165) is 12.5 Å². The predicted octanol–water partition coefficient (Wildman–Crippen LogP) is 3.04. The van der Waals surface area contributed by atoms with Gasteiger partial charge in [0.15, 0.2) is 0 Å². The van der Waals surface area contributed by atoms with Gasteiger partial charge in [0.1, 0.15) is 5.75 Å². The number of nitrogens with zero attached hydrogens (tertiary/aromatic N) is 2. The molecule has 1 aliphatic heterocycles. The van der Waals surface area contributed by atoms with Gasteiger partial charge in [0.05, 0.1) is 5.92 Å². The first-order chi connectivity index (χ1) is 11.2. The van der Waals surface area contributed by atoms with E-state index in [0.29, 0.717) is 19.3 Å². The number of alkyl halides is 3. The van der Waals surface area contributed by atoms with Crippen LogP contribution < -0.4 is 0 Å². The second-order valence-corrected chi connectivity index (χ2v) is 6.13.